The summed E-state index contributed by atoms with van der Waals surface area (Å²) >= 11 is 6.03. The lowest BCUT2D eigenvalue weighted by Crippen LogP contribution is -2.06. The Hall–Kier alpha value is -3.11. The Morgan fingerprint density at radius 3 is 2.72 bits per heavy atom. The zero-order valence-electron chi connectivity index (χ0n) is 14.7. The van der Waals surface area contributed by atoms with E-state index in [1.807, 2.05) is 0 Å². The van der Waals surface area contributed by atoms with E-state index in [9.17, 15) is 17.2 Å². The van der Waals surface area contributed by atoms with E-state index in [1.54, 1.807) is 6.07 Å². The number of aromatic nitrogens is 4. The predicted octanol–water partition coefficient (Wildman–Crippen LogP) is 4.10. The number of nitrogens with zero attached hydrogens (tertiary/aromatic N) is 3. The zero-order valence-corrected chi connectivity index (χ0v) is 16.3. The normalized spacial score (nSPS) is 11.7. The fourth-order valence-corrected chi connectivity index (χ4v) is 3.82. The lowest BCUT2D eigenvalue weighted by atomic mass is 10.1. The third-order valence-electron chi connectivity index (χ3n) is 4.16. The molecule has 0 atom stereocenters. The Labute approximate surface area is 168 Å². The van der Waals surface area contributed by atoms with Crippen LogP contribution >= 0.6 is 11.6 Å². The third kappa shape index (κ3) is 3.52. The molecule has 3 aromatic heterocycles. The Morgan fingerprint density at radius 2 is 1.97 bits per heavy atom. The molecule has 4 rings (SSSR count). The molecule has 0 saturated carbocycles. The second kappa shape index (κ2) is 7.05. The summed E-state index contributed by atoms with van der Waals surface area (Å²) in [6.45, 7) is 0. The molecule has 0 spiro atoms. The first-order valence-electron chi connectivity index (χ1n) is 8.16. The number of H-pyrrole nitrogens is 1. The number of aromatic amines is 1. The molecule has 1 aromatic carbocycles. The fourth-order valence-electron chi connectivity index (χ4n) is 2.85. The third-order valence-corrected chi connectivity index (χ3v) is 5.57. The van der Waals surface area contributed by atoms with Crippen LogP contribution in [0.25, 0.3) is 22.2 Å². The van der Waals surface area contributed by atoms with Crippen molar-refractivity contribution in [3.8, 4) is 11.3 Å². The average molecular weight is 436 g/mol. The smallest absolute Gasteiger partial charge is 0.228 e. The summed E-state index contributed by atoms with van der Waals surface area (Å²) in [6, 6.07) is 5.50. The van der Waals surface area contributed by atoms with Gasteiger partial charge in [-0.3, -0.25) is 0 Å². The summed E-state index contributed by atoms with van der Waals surface area (Å²) in [6.07, 6.45) is 4.84. The summed E-state index contributed by atoms with van der Waals surface area (Å²) in [5.74, 6) is -1.79. The zero-order chi connectivity index (χ0) is 20.8. The molecule has 148 valence electrons. The molecule has 0 saturated heterocycles. The van der Waals surface area contributed by atoms with Crippen LogP contribution in [0.5, 0.6) is 0 Å². The molecule has 0 amide bonds. The molecule has 0 bridgehead atoms. The highest BCUT2D eigenvalue weighted by Crippen LogP contribution is 2.32. The lowest BCUT2D eigenvalue weighted by molar-refractivity contribution is 0.573. The first kappa shape index (κ1) is 19.2. The summed E-state index contributed by atoms with van der Waals surface area (Å²) < 4.78 is 52.4. The standard InChI is InChI=1S/C18H12ClF2N5O2S/c1-29(27,28)13-4-2-3-12(14(13)21)25-18-24-8-11(20)15(26-18)10-7-23-16-9(10)5-6-22-17(16)19/h2-8,23H,1H3,(H,24,25,26). The molecule has 3 heterocycles. The Balaban J connectivity index is 1.78. The second-order valence-electron chi connectivity index (χ2n) is 6.13. The topological polar surface area (TPSA) is 101 Å². The number of anilines is 2. The second-order valence-corrected chi connectivity index (χ2v) is 8.47. The highest BCUT2D eigenvalue weighted by atomic mass is 35.5. The van der Waals surface area contributed by atoms with E-state index in [1.165, 1.54) is 24.5 Å². The van der Waals surface area contributed by atoms with E-state index in [0.29, 0.717) is 16.5 Å². The quantitative estimate of drug-likeness (QED) is 0.468. The summed E-state index contributed by atoms with van der Waals surface area (Å²) in [5, 5.41) is 3.42. The molecule has 29 heavy (non-hydrogen) atoms. The average Bonchev–Trinajstić information content (AvgIpc) is 3.09. The lowest BCUT2D eigenvalue weighted by Gasteiger charge is -2.10. The molecule has 0 aliphatic carbocycles. The highest BCUT2D eigenvalue weighted by Gasteiger charge is 2.19. The molecular formula is C18H12ClF2N5O2S. The number of pyridine rings is 1. The van der Waals surface area contributed by atoms with Gasteiger partial charge in [-0.1, -0.05) is 17.7 Å². The van der Waals surface area contributed by atoms with Gasteiger partial charge < -0.3 is 10.3 Å². The van der Waals surface area contributed by atoms with Crippen molar-refractivity contribution in [2.24, 2.45) is 0 Å². The largest absolute Gasteiger partial charge is 0.358 e. The Morgan fingerprint density at radius 1 is 1.17 bits per heavy atom. The first-order valence-corrected chi connectivity index (χ1v) is 10.4. The number of sulfone groups is 1. The minimum absolute atomic E-state index is 0.0457. The van der Waals surface area contributed by atoms with Crippen molar-refractivity contribution in [2.75, 3.05) is 11.6 Å². The number of hydrogen-bond acceptors (Lipinski definition) is 6. The van der Waals surface area contributed by atoms with Gasteiger partial charge in [-0.25, -0.2) is 32.2 Å². The van der Waals surface area contributed by atoms with Gasteiger partial charge in [0.25, 0.3) is 0 Å². The van der Waals surface area contributed by atoms with Crippen molar-refractivity contribution in [1.82, 2.24) is 19.9 Å². The van der Waals surface area contributed by atoms with Gasteiger partial charge in [0.2, 0.25) is 5.95 Å². The van der Waals surface area contributed by atoms with Crippen molar-refractivity contribution >= 4 is 44.0 Å². The number of benzene rings is 1. The summed E-state index contributed by atoms with van der Waals surface area (Å²) in [7, 11) is -3.77. The van der Waals surface area contributed by atoms with E-state index >= 15 is 0 Å². The minimum Gasteiger partial charge on any atom is -0.358 e. The molecule has 0 aliphatic heterocycles. The minimum atomic E-state index is -3.77. The number of rotatable bonds is 4. The SMILES string of the molecule is CS(=O)(=O)c1cccc(Nc2ncc(F)c(-c3c[nH]c4c(Cl)nccc34)n2)c1F. The van der Waals surface area contributed by atoms with Gasteiger partial charge in [0.1, 0.15) is 10.6 Å². The van der Waals surface area contributed by atoms with Crippen LogP contribution in [0.15, 0.2) is 47.8 Å². The predicted molar refractivity (Wildman–Crippen MR) is 105 cm³/mol. The van der Waals surface area contributed by atoms with Crippen molar-refractivity contribution in [2.45, 2.75) is 4.90 Å². The van der Waals surface area contributed by atoms with Crippen molar-refractivity contribution < 1.29 is 17.2 Å². The van der Waals surface area contributed by atoms with Gasteiger partial charge in [0.15, 0.2) is 26.6 Å². The van der Waals surface area contributed by atoms with Gasteiger partial charge >= 0.3 is 0 Å². The van der Waals surface area contributed by atoms with Gasteiger partial charge in [0.05, 0.1) is 17.4 Å². The molecule has 2 N–H and O–H groups in total. The monoisotopic (exact) mass is 435 g/mol. The summed E-state index contributed by atoms with van der Waals surface area (Å²) in [5.41, 5.74) is 0.730. The van der Waals surface area contributed by atoms with E-state index in [-0.39, 0.29) is 22.5 Å². The van der Waals surface area contributed by atoms with Gasteiger partial charge in [-0.2, -0.15) is 0 Å². The van der Waals surface area contributed by atoms with Crippen molar-refractivity contribution in [3.05, 3.63) is 59.6 Å². The van der Waals surface area contributed by atoms with Crippen LogP contribution in [-0.4, -0.2) is 34.6 Å². The Bertz CT molecular complexity index is 1360. The van der Waals surface area contributed by atoms with Gasteiger partial charge in [-0.05, 0) is 18.2 Å². The van der Waals surface area contributed by atoms with Crippen LogP contribution in [0.3, 0.4) is 0 Å². The van der Waals surface area contributed by atoms with E-state index in [0.717, 1.165) is 18.5 Å². The molecule has 4 aromatic rings. The highest BCUT2D eigenvalue weighted by molar-refractivity contribution is 7.90. The fraction of sp³-hybridized carbons (Fsp3) is 0.0556. The van der Waals surface area contributed by atoms with Gasteiger partial charge in [-0.15, -0.1) is 0 Å². The summed E-state index contributed by atoms with van der Waals surface area (Å²) in [4.78, 5) is 14.3. The maximum atomic E-state index is 14.6. The number of nitrogens with one attached hydrogen (secondary N) is 2. The van der Waals surface area contributed by atoms with E-state index in [2.05, 4.69) is 25.3 Å². The van der Waals surface area contributed by atoms with Crippen molar-refractivity contribution in [1.29, 1.82) is 0 Å². The number of fused-ring (bicyclic) bond motifs is 1. The van der Waals surface area contributed by atoms with E-state index in [4.69, 9.17) is 11.6 Å². The maximum Gasteiger partial charge on any atom is 0.228 e. The molecule has 7 nitrogen and oxygen atoms in total. The van der Waals surface area contributed by atoms with E-state index < -0.39 is 26.4 Å². The van der Waals surface area contributed by atoms with Crippen LogP contribution in [0, 0.1) is 11.6 Å². The molecule has 11 heteroatoms. The molecular weight excluding hydrogens is 424 g/mol. The van der Waals surface area contributed by atoms with Crippen LogP contribution < -0.4 is 5.32 Å². The molecule has 0 radical (unpaired) electrons. The van der Waals surface area contributed by atoms with Crippen molar-refractivity contribution in [3.63, 3.8) is 0 Å². The Kier molecular flexibility index (Phi) is 4.67. The molecule has 0 aliphatic rings. The van der Waals surface area contributed by atoms with Crippen LogP contribution in [0.4, 0.5) is 20.4 Å². The van der Waals surface area contributed by atoms with Crippen LogP contribution in [0.2, 0.25) is 5.15 Å². The maximum absolute atomic E-state index is 14.6. The number of halogens is 3. The van der Waals surface area contributed by atoms with Gasteiger partial charge in [0, 0.05) is 29.6 Å². The first-order chi connectivity index (χ1) is 13.8. The van der Waals surface area contributed by atoms with Crippen LogP contribution in [-0.2, 0) is 9.84 Å². The number of hydrogen-bond donors (Lipinski definition) is 2. The molecule has 0 fully saturated rings. The molecule has 0 unspecified atom stereocenters. The van der Waals surface area contributed by atoms with Crippen LogP contribution in [0.1, 0.15) is 0 Å².